The largest absolute Gasteiger partial charge is 0.464 e. The van der Waals surface area contributed by atoms with Gasteiger partial charge in [0.25, 0.3) is 0 Å². The molecule has 0 bridgehead atoms. The first-order chi connectivity index (χ1) is 14.2. The summed E-state index contributed by atoms with van der Waals surface area (Å²) in [5.74, 6) is 0.992. The molecule has 0 aliphatic carbocycles. The fraction of sp³-hybridized carbons (Fsp3) is 0.0909. The van der Waals surface area contributed by atoms with Crippen LogP contribution < -0.4 is 0 Å². The van der Waals surface area contributed by atoms with Gasteiger partial charge in [-0.2, -0.15) is 10.4 Å². The molecule has 29 heavy (non-hydrogen) atoms. The molecule has 0 N–H and O–H groups in total. The minimum Gasteiger partial charge on any atom is -0.464 e. The minimum absolute atomic E-state index is 0.473. The first-order valence-corrected chi connectivity index (χ1v) is 9.04. The number of aromatic nitrogens is 4. The molecule has 0 unspecified atom stereocenters. The Hall–Kier alpha value is -4.18. The molecule has 0 saturated carbocycles. The molecule has 3 aromatic heterocycles. The van der Waals surface area contributed by atoms with Crippen molar-refractivity contribution in [3.8, 4) is 28.7 Å². The summed E-state index contributed by atoms with van der Waals surface area (Å²) in [6, 6.07) is 15.5. The number of hydrogen-bond acceptors (Lipinski definition) is 6. The molecule has 7 heteroatoms. The van der Waals surface area contributed by atoms with Crippen molar-refractivity contribution in [2.45, 2.75) is 13.5 Å². The number of nitrogens with zero attached hydrogens (tertiary/aromatic N) is 5. The Morgan fingerprint density at radius 3 is 2.83 bits per heavy atom. The van der Waals surface area contributed by atoms with Gasteiger partial charge in [0.1, 0.15) is 5.58 Å². The van der Waals surface area contributed by atoms with Gasteiger partial charge in [0.15, 0.2) is 0 Å². The van der Waals surface area contributed by atoms with Gasteiger partial charge in [-0.3, -0.25) is 4.68 Å². The van der Waals surface area contributed by atoms with Crippen molar-refractivity contribution in [1.29, 1.82) is 5.26 Å². The smallest absolute Gasteiger partial charge is 0.247 e. The maximum atomic E-state index is 9.28. The molecule has 0 saturated heterocycles. The molecule has 0 aliphatic rings. The molecule has 140 valence electrons. The van der Waals surface area contributed by atoms with Gasteiger partial charge in [0.2, 0.25) is 11.8 Å². The van der Waals surface area contributed by atoms with Crippen molar-refractivity contribution in [1.82, 2.24) is 20.0 Å². The van der Waals surface area contributed by atoms with Crippen LogP contribution in [-0.4, -0.2) is 20.0 Å². The molecule has 5 aromatic rings. The van der Waals surface area contributed by atoms with Crippen LogP contribution in [0.2, 0.25) is 0 Å². The van der Waals surface area contributed by atoms with Crippen LogP contribution in [0.1, 0.15) is 17.0 Å². The fourth-order valence-electron chi connectivity index (χ4n) is 3.33. The third-order valence-corrected chi connectivity index (χ3v) is 4.76. The molecule has 0 aliphatic heterocycles. The standard InChI is InChI=1S/C22H15N5O2/c1-14-25-26-22(29-14)15-6-7-21-19(8-15)20(13-28-21)18-10-24-27(12-18)11-17-5-3-2-4-16(17)9-23/h2-8,10,12-13H,11H2,1H3. The van der Waals surface area contributed by atoms with Gasteiger partial charge in [0, 0.05) is 35.2 Å². The molecular formula is C22H15N5O2. The summed E-state index contributed by atoms with van der Waals surface area (Å²) in [5, 5.41) is 22.7. The highest BCUT2D eigenvalue weighted by molar-refractivity contribution is 5.95. The van der Waals surface area contributed by atoms with E-state index in [-0.39, 0.29) is 0 Å². The molecule has 0 radical (unpaired) electrons. The maximum absolute atomic E-state index is 9.28. The summed E-state index contributed by atoms with van der Waals surface area (Å²) >= 11 is 0. The van der Waals surface area contributed by atoms with E-state index in [0.29, 0.717) is 23.9 Å². The second kappa shape index (κ2) is 6.77. The molecule has 0 atom stereocenters. The Morgan fingerprint density at radius 2 is 2.00 bits per heavy atom. The SMILES string of the molecule is Cc1nnc(-c2ccc3occ(-c4cnn(Cc5ccccc5C#N)c4)c3c2)o1. The fourth-order valence-corrected chi connectivity index (χ4v) is 3.33. The predicted octanol–water partition coefficient (Wildman–Crippen LogP) is 4.57. The van der Waals surface area contributed by atoms with Gasteiger partial charge in [-0.1, -0.05) is 18.2 Å². The molecule has 0 fully saturated rings. The van der Waals surface area contributed by atoms with Crippen LogP contribution in [0.3, 0.4) is 0 Å². The van der Waals surface area contributed by atoms with Crippen molar-refractivity contribution >= 4 is 11.0 Å². The van der Waals surface area contributed by atoms with Gasteiger partial charge in [0.05, 0.1) is 30.6 Å². The van der Waals surface area contributed by atoms with E-state index in [4.69, 9.17) is 8.83 Å². The lowest BCUT2D eigenvalue weighted by molar-refractivity contribution is 0.533. The Balaban J connectivity index is 1.51. The van der Waals surface area contributed by atoms with Gasteiger partial charge in [-0.15, -0.1) is 10.2 Å². The number of aryl methyl sites for hydroxylation is 1. The Kier molecular flexibility index (Phi) is 3.96. The van der Waals surface area contributed by atoms with Gasteiger partial charge in [-0.05, 0) is 29.8 Å². The van der Waals surface area contributed by atoms with E-state index in [2.05, 4.69) is 21.4 Å². The van der Waals surface area contributed by atoms with Gasteiger partial charge >= 0.3 is 0 Å². The zero-order chi connectivity index (χ0) is 19.8. The molecular weight excluding hydrogens is 366 g/mol. The first kappa shape index (κ1) is 17.0. The summed E-state index contributed by atoms with van der Waals surface area (Å²) in [6.07, 6.45) is 5.46. The highest BCUT2D eigenvalue weighted by Gasteiger charge is 2.14. The number of furan rings is 1. The van der Waals surface area contributed by atoms with E-state index >= 15 is 0 Å². The zero-order valence-electron chi connectivity index (χ0n) is 15.5. The quantitative estimate of drug-likeness (QED) is 0.452. The summed E-state index contributed by atoms with van der Waals surface area (Å²) in [6.45, 7) is 2.28. The normalized spacial score (nSPS) is 11.0. The Labute approximate surface area is 165 Å². The number of fused-ring (bicyclic) bond motifs is 1. The van der Waals surface area contributed by atoms with Crippen molar-refractivity contribution in [3.05, 3.63) is 78.1 Å². The van der Waals surface area contributed by atoms with Crippen molar-refractivity contribution in [2.75, 3.05) is 0 Å². The second-order valence-corrected chi connectivity index (χ2v) is 6.68. The number of benzene rings is 2. The third-order valence-electron chi connectivity index (χ3n) is 4.76. The first-order valence-electron chi connectivity index (χ1n) is 9.04. The van der Waals surface area contributed by atoms with Gasteiger partial charge in [-0.25, -0.2) is 0 Å². The van der Waals surface area contributed by atoms with E-state index in [9.17, 15) is 5.26 Å². The molecule has 0 spiro atoms. The lowest BCUT2D eigenvalue weighted by atomic mass is 10.1. The Morgan fingerprint density at radius 1 is 1.10 bits per heavy atom. The van der Waals surface area contributed by atoms with Crippen LogP contribution in [-0.2, 0) is 6.54 Å². The van der Waals surface area contributed by atoms with E-state index in [1.54, 1.807) is 19.4 Å². The highest BCUT2D eigenvalue weighted by Crippen LogP contribution is 2.33. The monoisotopic (exact) mass is 381 g/mol. The second-order valence-electron chi connectivity index (χ2n) is 6.68. The average Bonchev–Trinajstić information content (AvgIpc) is 3.47. The average molecular weight is 381 g/mol. The summed E-state index contributed by atoms with van der Waals surface area (Å²) in [4.78, 5) is 0. The molecule has 0 amide bonds. The van der Waals surface area contributed by atoms with E-state index in [1.165, 1.54) is 0 Å². The summed E-state index contributed by atoms with van der Waals surface area (Å²) < 4.78 is 13.1. The zero-order valence-corrected chi connectivity index (χ0v) is 15.5. The van der Waals surface area contributed by atoms with E-state index in [1.807, 2.05) is 53.3 Å². The van der Waals surface area contributed by atoms with E-state index in [0.717, 1.165) is 33.2 Å². The number of hydrogen-bond donors (Lipinski definition) is 0. The molecule has 7 nitrogen and oxygen atoms in total. The topological polar surface area (TPSA) is 93.7 Å². The van der Waals surface area contributed by atoms with Crippen LogP contribution in [0, 0.1) is 18.3 Å². The van der Waals surface area contributed by atoms with Crippen LogP contribution >= 0.6 is 0 Å². The van der Waals surface area contributed by atoms with E-state index < -0.39 is 0 Å². The number of rotatable bonds is 4. The van der Waals surface area contributed by atoms with Gasteiger partial charge < -0.3 is 8.83 Å². The Bertz CT molecular complexity index is 1370. The third kappa shape index (κ3) is 3.07. The van der Waals surface area contributed by atoms with Crippen LogP contribution in [0.5, 0.6) is 0 Å². The summed E-state index contributed by atoms with van der Waals surface area (Å²) in [5.41, 5.74) is 5.03. The predicted molar refractivity (Wildman–Crippen MR) is 106 cm³/mol. The van der Waals surface area contributed by atoms with Crippen LogP contribution in [0.15, 0.2) is 70.0 Å². The van der Waals surface area contributed by atoms with Crippen molar-refractivity contribution < 1.29 is 8.83 Å². The lowest BCUT2D eigenvalue weighted by Gasteiger charge is -2.03. The van der Waals surface area contributed by atoms with Crippen LogP contribution in [0.25, 0.3) is 33.6 Å². The lowest BCUT2D eigenvalue weighted by Crippen LogP contribution is -2.01. The minimum atomic E-state index is 0.473. The van der Waals surface area contributed by atoms with Crippen molar-refractivity contribution in [3.63, 3.8) is 0 Å². The van der Waals surface area contributed by atoms with Crippen LogP contribution in [0.4, 0.5) is 0 Å². The highest BCUT2D eigenvalue weighted by atomic mass is 16.4. The number of nitriles is 1. The summed E-state index contributed by atoms with van der Waals surface area (Å²) in [7, 11) is 0. The van der Waals surface area contributed by atoms with Crippen molar-refractivity contribution in [2.24, 2.45) is 0 Å². The molecule has 2 aromatic carbocycles. The molecule has 3 heterocycles. The molecule has 5 rings (SSSR count). The maximum Gasteiger partial charge on any atom is 0.247 e.